The molecule has 0 aromatic carbocycles. The number of anilines is 1. The zero-order chi connectivity index (χ0) is 12.2. The van der Waals surface area contributed by atoms with Crippen LogP contribution in [0.2, 0.25) is 0 Å². The van der Waals surface area contributed by atoms with Gasteiger partial charge in [-0.15, -0.1) is 0 Å². The number of rotatable bonds is 4. The third-order valence-electron chi connectivity index (χ3n) is 3.05. The smallest absolute Gasteiger partial charge is 0.129 e. The number of aromatic amines is 1. The summed E-state index contributed by atoms with van der Waals surface area (Å²) in [7, 11) is 0. The lowest BCUT2D eigenvalue weighted by Crippen LogP contribution is -2.06. The lowest BCUT2D eigenvalue weighted by molar-refractivity contribution is 0.193. The van der Waals surface area contributed by atoms with Crippen LogP contribution in [0, 0.1) is 0 Å². The molecule has 1 saturated heterocycles. The molecule has 0 amide bonds. The van der Waals surface area contributed by atoms with Gasteiger partial charge in [0.15, 0.2) is 0 Å². The molecule has 0 bridgehead atoms. The molecule has 0 radical (unpaired) electrons. The van der Waals surface area contributed by atoms with Crippen LogP contribution in [0.5, 0.6) is 0 Å². The Morgan fingerprint density at radius 2 is 2.44 bits per heavy atom. The van der Waals surface area contributed by atoms with Gasteiger partial charge >= 0.3 is 0 Å². The fourth-order valence-corrected chi connectivity index (χ4v) is 2.03. The molecule has 1 aliphatic rings. The van der Waals surface area contributed by atoms with Crippen molar-refractivity contribution in [3.05, 3.63) is 36.0 Å². The first-order chi connectivity index (χ1) is 8.92. The Hall–Kier alpha value is -1.95. The van der Waals surface area contributed by atoms with Crippen LogP contribution in [0.1, 0.15) is 23.7 Å². The third kappa shape index (κ3) is 2.48. The molecular formula is C12H15N5O. The van der Waals surface area contributed by atoms with Crippen molar-refractivity contribution in [2.24, 2.45) is 0 Å². The van der Waals surface area contributed by atoms with E-state index in [0.717, 1.165) is 36.8 Å². The van der Waals surface area contributed by atoms with Crippen molar-refractivity contribution in [1.29, 1.82) is 0 Å². The maximum Gasteiger partial charge on any atom is 0.129 e. The van der Waals surface area contributed by atoms with E-state index >= 15 is 0 Å². The zero-order valence-corrected chi connectivity index (χ0v) is 9.97. The maximum absolute atomic E-state index is 5.38. The standard InChI is InChI=1S/C12H15N5O/c1-3-16-17-10(1)6-13-12-5-11(14-8-15-12)9-2-4-18-7-9/h1,3,5,8-9H,2,4,6-7H2,(H,16,17)(H,13,14,15)/t9-/m0/s1. The summed E-state index contributed by atoms with van der Waals surface area (Å²) in [6.07, 6.45) is 4.37. The van der Waals surface area contributed by atoms with Crippen LogP contribution < -0.4 is 5.32 Å². The van der Waals surface area contributed by atoms with Crippen LogP contribution in [-0.2, 0) is 11.3 Å². The van der Waals surface area contributed by atoms with Gasteiger partial charge in [-0.05, 0) is 12.5 Å². The second-order valence-electron chi connectivity index (χ2n) is 4.32. The number of ether oxygens (including phenoxy) is 1. The Morgan fingerprint density at radius 3 is 3.22 bits per heavy atom. The van der Waals surface area contributed by atoms with E-state index in [4.69, 9.17) is 4.74 Å². The lowest BCUT2D eigenvalue weighted by atomic mass is 10.1. The predicted octanol–water partition coefficient (Wildman–Crippen LogP) is 1.32. The first kappa shape index (κ1) is 11.2. The second kappa shape index (κ2) is 5.14. The molecule has 0 aliphatic carbocycles. The molecular weight excluding hydrogens is 230 g/mol. The van der Waals surface area contributed by atoms with Gasteiger partial charge < -0.3 is 10.1 Å². The van der Waals surface area contributed by atoms with E-state index in [2.05, 4.69) is 25.5 Å². The minimum Gasteiger partial charge on any atom is -0.381 e. The molecule has 2 aromatic heterocycles. The minimum atomic E-state index is 0.403. The molecule has 2 N–H and O–H groups in total. The number of nitrogens with zero attached hydrogens (tertiary/aromatic N) is 3. The van der Waals surface area contributed by atoms with Gasteiger partial charge in [-0.1, -0.05) is 0 Å². The van der Waals surface area contributed by atoms with Crippen molar-refractivity contribution < 1.29 is 4.74 Å². The fourth-order valence-electron chi connectivity index (χ4n) is 2.03. The van der Waals surface area contributed by atoms with E-state index in [9.17, 15) is 0 Å². The van der Waals surface area contributed by atoms with Crippen LogP contribution in [-0.4, -0.2) is 33.4 Å². The van der Waals surface area contributed by atoms with Gasteiger partial charge in [0.1, 0.15) is 12.1 Å². The first-order valence-electron chi connectivity index (χ1n) is 6.03. The first-order valence-corrected chi connectivity index (χ1v) is 6.03. The predicted molar refractivity (Wildman–Crippen MR) is 66.1 cm³/mol. The van der Waals surface area contributed by atoms with Gasteiger partial charge in [0.2, 0.25) is 0 Å². The highest BCUT2D eigenvalue weighted by molar-refractivity contribution is 5.36. The summed E-state index contributed by atoms with van der Waals surface area (Å²) < 4.78 is 5.38. The van der Waals surface area contributed by atoms with Crippen LogP contribution in [0.15, 0.2) is 24.7 Å². The van der Waals surface area contributed by atoms with Crippen molar-refractivity contribution in [3.8, 4) is 0 Å². The highest BCUT2D eigenvalue weighted by atomic mass is 16.5. The molecule has 1 fully saturated rings. The Balaban J connectivity index is 1.66. The summed E-state index contributed by atoms with van der Waals surface area (Å²) in [6, 6.07) is 3.93. The van der Waals surface area contributed by atoms with Gasteiger partial charge in [0, 0.05) is 24.8 Å². The van der Waals surface area contributed by atoms with E-state index in [1.54, 1.807) is 12.5 Å². The highest BCUT2D eigenvalue weighted by Crippen LogP contribution is 2.24. The monoisotopic (exact) mass is 245 g/mol. The quantitative estimate of drug-likeness (QED) is 0.849. The molecule has 0 saturated carbocycles. The van der Waals surface area contributed by atoms with Gasteiger partial charge in [-0.2, -0.15) is 5.10 Å². The number of hydrogen-bond acceptors (Lipinski definition) is 5. The zero-order valence-electron chi connectivity index (χ0n) is 9.97. The van der Waals surface area contributed by atoms with E-state index < -0.39 is 0 Å². The number of hydrogen-bond donors (Lipinski definition) is 2. The van der Waals surface area contributed by atoms with E-state index in [-0.39, 0.29) is 0 Å². The molecule has 2 aromatic rings. The third-order valence-corrected chi connectivity index (χ3v) is 3.05. The lowest BCUT2D eigenvalue weighted by Gasteiger charge is -2.09. The summed E-state index contributed by atoms with van der Waals surface area (Å²) >= 11 is 0. The van der Waals surface area contributed by atoms with Crippen LogP contribution in [0.3, 0.4) is 0 Å². The molecule has 1 atom stereocenters. The summed E-state index contributed by atoms with van der Waals surface area (Å²) in [6.45, 7) is 2.26. The normalized spacial score (nSPS) is 19.0. The molecule has 0 spiro atoms. The summed E-state index contributed by atoms with van der Waals surface area (Å²) in [5.74, 6) is 1.24. The Labute approximate surface area is 105 Å². The number of aromatic nitrogens is 4. The van der Waals surface area contributed by atoms with E-state index in [0.29, 0.717) is 12.5 Å². The molecule has 6 nitrogen and oxygen atoms in total. The SMILES string of the molecule is c1cc(CNc2cc([C@H]3CCOC3)ncn2)[nH]n1. The molecule has 3 heterocycles. The van der Waals surface area contributed by atoms with Crippen molar-refractivity contribution in [3.63, 3.8) is 0 Å². The second-order valence-corrected chi connectivity index (χ2v) is 4.32. The molecule has 18 heavy (non-hydrogen) atoms. The Morgan fingerprint density at radius 1 is 1.44 bits per heavy atom. The molecule has 6 heteroatoms. The average Bonchev–Trinajstić information content (AvgIpc) is 3.10. The van der Waals surface area contributed by atoms with Crippen molar-refractivity contribution in [2.75, 3.05) is 18.5 Å². The minimum absolute atomic E-state index is 0.403. The highest BCUT2D eigenvalue weighted by Gasteiger charge is 2.19. The summed E-state index contributed by atoms with van der Waals surface area (Å²) in [4.78, 5) is 8.53. The average molecular weight is 245 g/mol. The fraction of sp³-hybridized carbons (Fsp3) is 0.417. The molecule has 0 unspecified atom stereocenters. The van der Waals surface area contributed by atoms with Crippen molar-refractivity contribution >= 4 is 5.82 Å². The van der Waals surface area contributed by atoms with Crippen molar-refractivity contribution in [1.82, 2.24) is 20.2 Å². The Bertz CT molecular complexity index is 493. The maximum atomic E-state index is 5.38. The van der Waals surface area contributed by atoms with Gasteiger partial charge in [0.25, 0.3) is 0 Å². The van der Waals surface area contributed by atoms with Crippen molar-refractivity contribution in [2.45, 2.75) is 18.9 Å². The van der Waals surface area contributed by atoms with E-state index in [1.807, 2.05) is 12.1 Å². The molecule has 3 rings (SSSR count). The molecule has 94 valence electrons. The number of nitrogens with one attached hydrogen (secondary N) is 2. The van der Waals surface area contributed by atoms with E-state index in [1.165, 1.54) is 0 Å². The van der Waals surface area contributed by atoms with Gasteiger partial charge in [-0.25, -0.2) is 9.97 Å². The van der Waals surface area contributed by atoms with Gasteiger partial charge in [0.05, 0.1) is 24.5 Å². The topological polar surface area (TPSA) is 75.7 Å². The largest absolute Gasteiger partial charge is 0.381 e. The summed E-state index contributed by atoms with van der Waals surface area (Å²) in [5.41, 5.74) is 2.08. The summed E-state index contributed by atoms with van der Waals surface area (Å²) in [5, 5.41) is 10.0. The van der Waals surface area contributed by atoms with Gasteiger partial charge in [-0.3, -0.25) is 5.10 Å². The number of H-pyrrole nitrogens is 1. The van der Waals surface area contributed by atoms with Crippen LogP contribution >= 0.6 is 0 Å². The van der Waals surface area contributed by atoms with Crippen LogP contribution in [0.25, 0.3) is 0 Å². The van der Waals surface area contributed by atoms with Crippen LogP contribution in [0.4, 0.5) is 5.82 Å². The Kier molecular flexibility index (Phi) is 3.18. The molecule has 1 aliphatic heterocycles.